The number of ether oxygens (including phenoxy) is 1. The summed E-state index contributed by atoms with van der Waals surface area (Å²) in [4.78, 5) is 11.7. The first-order chi connectivity index (χ1) is 17.1. The maximum Gasteiger partial charge on any atom is 0.131 e. The summed E-state index contributed by atoms with van der Waals surface area (Å²) in [5, 5.41) is 10.6. The minimum atomic E-state index is 0.479. The van der Waals surface area contributed by atoms with Crippen LogP contribution in [0.5, 0.6) is 0 Å². The van der Waals surface area contributed by atoms with E-state index in [1.54, 1.807) is 7.11 Å². The number of amidine groups is 1. The molecule has 5 rings (SSSR count). The highest BCUT2D eigenvalue weighted by atomic mass is 16.5. The van der Waals surface area contributed by atoms with Gasteiger partial charge in [-0.3, -0.25) is 5.10 Å². The summed E-state index contributed by atoms with van der Waals surface area (Å²) in [6, 6.07) is 10.7. The van der Waals surface area contributed by atoms with Crippen molar-refractivity contribution in [2.75, 3.05) is 32.1 Å². The number of rotatable bonds is 6. The van der Waals surface area contributed by atoms with E-state index >= 15 is 0 Å². The largest absolute Gasteiger partial charge is 0.378 e. The smallest absolute Gasteiger partial charge is 0.131 e. The number of methoxy groups -OCH3 is 1. The van der Waals surface area contributed by atoms with E-state index in [1.807, 2.05) is 19.3 Å². The first kappa shape index (κ1) is 23.1. The minimum Gasteiger partial charge on any atom is -0.378 e. The second-order valence-electron chi connectivity index (χ2n) is 9.46. The summed E-state index contributed by atoms with van der Waals surface area (Å²) < 4.78 is 5.31. The number of H-pyrrole nitrogens is 1. The molecule has 0 aliphatic carbocycles. The van der Waals surface area contributed by atoms with Gasteiger partial charge in [-0.2, -0.15) is 5.10 Å². The summed E-state index contributed by atoms with van der Waals surface area (Å²) in [6.45, 7) is 10.7. The van der Waals surface area contributed by atoms with Gasteiger partial charge in [0.1, 0.15) is 11.7 Å². The molecule has 4 heterocycles. The predicted molar refractivity (Wildman–Crippen MR) is 140 cm³/mol. The van der Waals surface area contributed by atoms with Crippen LogP contribution in [0.25, 0.3) is 11.1 Å². The van der Waals surface area contributed by atoms with Crippen LogP contribution in [0.15, 0.2) is 65.7 Å². The number of nitrogens with zero attached hydrogens (tertiary/aromatic N) is 4. The van der Waals surface area contributed by atoms with Gasteiger partial charge in [0.15, 0.2) is 0 Å². The lowest BCUT2D eigenvalue weighted by Crippen LogP contribution is -2.38. The van der Waals surface area contributed by atoms with Crippen LogP contribution >= 0.6 is 0 Å². The highest BCUT2D eigenvalue weighted by Crippen LogP contribution is 2.35. The monoisotopic (exact) mass is 468 g/mol. The van der Waals surface area contributed by atoms with Crippen molar-refractivity contribution in [3.05, 3.63) is 77.6 Å². The molecule has 1 unspecified atom stereocenters. The van der Waals surface area contributed by atoms with Gasteiger partial charge in [0.05, 0.1) is 24.2 Å². The predicted octanol–water partition coefficient (Wildman–Crippen LogP) is 5.22. The summed E-state index contributed by atoms with van der Waals surface area (Å²) in [5.74, 6) is 2.75. The number of aromatic amines is 1. The molecular weight excluding hydrogens is 436 g/mol. The Morgan fingerprint density at radius 3 is 2.94 bits per heavy atom. The van der Waals surface area contributed by atoms with E-state index in [0.717, 1.165) is 65.8 Å². The van der Waals surface area contributed by atoms with Crippen LogP contribution in [0.1, 0.15) is 36.1 Å². The van der Waals surface area contributed by atoms with Gasteiger partial charge >= 0.3 is 0 Å². The van der Waals surface area contributed by atoms with Crippen molar-refractivity contribution in [3.63, 3.8) is 0 Å². The number of anilines is 1. The van der Waals surface area contributed by atoms with Gasteiger partial charge in [-0.25, -0.2) is 9.98 Å². The van der Waals surface area contributed by atoms with Crippen LogP contribution in [0, 0.1) is 12.8 Å². The Bertz CT molecular complexity index is 1300. The van der Waals surface area contributed by atoms with Crippen molar-refractivity contribution >= 4 is 17.3 Å². The molecule has 1 fully saturated rings. The fraction of sp³-hybridized carbons (Fsp3) is 0.357. The zero-order chi connectivity index (χ0) is 24.4. The van der Waals surface area contributed by atoms with Crippen molar-refractivity contribution in [1.29, 1.82) is 0 Å². The number of fused-ring (bicyclic) bond motifs is 1. The number of benzene rings is 1. The van der Waals surface area contributed by atoms with Crippen LogP contribution in [-0.4, -0.2) is 52.7 Å². The second-order valence-corrected chi connectivity index (χ2v) is 9.46. The highest BCUT2D eigenvalue weighted by Gasteiger charge is 2.28. The minimum absolute atomic E-state index is 0.479. The number of hydrogen-bond acceptors (Lipinski definition) is 6. The molecule has 2 atom stereocenters. The van der Waals surface area contributed by atoms with E-state index in [9.17, 15) is 0 Å². The normalized spacial score (nSPS) is 19.2. The number of aliphatic imine (C=N–C) groups is 1. The third kappa shape index (κ3) is 4.78. The molecule has 0 saturated carbocycles. The Morgan fingerprint density at radius 2 is 2.20 bits per heavy atom. The lowest BCUT2D eigenvalue weighted by atomic mass is 9.81. The average Bonchev–Trinajstić information content (AvgIpc) is 3.47. The van der Waals surface area contributed by atoms with Crippen molar-refractivity contribution in [2.24, 2.45) is 10.9 Å². The van der Waals surface area contributed by atoms with Crippen LogP contribution in [0.4, 0.5) is 11.5 Å². The quantitative estimate of drug-likeness (QED) is 0.485. The van der Waals surface area contributed by atoms with Crippen molar-refractivity contribution in [1.82, 2.24) is 20.1 Å². The molecule has 7 heteroatoms. The molecule has 180 valence electrons. The standard InChI is InChI=1S/C28H32N6O/c1-5-23(17-35-4)34-11-9-24(18(2)16-34)21-8-10-29-27(13-21)32-28-14-22-12-20(6-7-26(22)31-28)25-15-30-33-19(25)3/h6-8,10,12-13,15,18,24H,1,9,11,14,16-17H2,2-4H3,(H,30,33)(H,29,31,32)/t18-,24?/m1/s1. The molecule has 0 spiro atoms. The number of piperidine rings is 1. The van der Waals surface area contributed by atoms with Gasteiger partial charge in [0, 0.05) is 44.1 Å². The molecule has 2 N–H and O–H groups in total. The molecule has 7 nitrogen and oxygen atoms in total. The molecule has 1 saturated heterocycles. The molecule has 35 heavy (non-hydrogen) atoms. The summed E-state index contributed by atoms with van der Waals surface area (Å²) >= 11 is 0. The molecule has 0 bridgehead atoms. The number of nitrogens with one attached hydrogen (secondary N) is 2. The van der Waals surface area contributed by atoms with Crippen LogP contribution in [0.2, 0.25) is 0 Å². The molecule has 0 radical (unpaired) electrons. The Morgan fingerprint density at radius 1 is 1.31 bits per heavy atom. The van der Waals surface area contributed by atoms with Gasteiger partial charge in [-0.1, -0.05) is 19.6 Å². The molecule has 2 aromatic heterocycles. The fourth-order valence-corrected chi connectivity index (χ4v) is 5.25. The molecule has 2 aliphatic heterocycles. The number of hydrogen-bond donors (Lipinski definition) is 2. The maximum atomic E-state index is 5.31. The Balaban J connectivity index is 1.26. The zero-order valence-electron chi connectivity index (χ0n) is 20.6. The first-order valence-corrected chi connectivity index (χ1v) is 12.1. The van der Waals surface area contributed by atoms with Crippen LogP contribution < -0.4 is 5.32 Å². The SMILES string of the molecule is C=C=C(COC)N1CCC(c2ccnc(NC3=Nc4ccc(-c5cn[nH]c5C)cc4C3)c2)[C@H](C)C1. The Hall–Kier alpha value is -3.67. The molecular formula is C28H32N6O. The van der Waals surface area contributed by atoms with Gasteiger partial charge in [-0.15, -0.1) is 5.73 Å². The second kappa shape index (κ2) is 9.90. The first-order valence-electron chi connectivity index (χ1n) is 12.1. The summed E-state index contributed by atoms with van der Waals surface area (Å²) in [5.41, 5.74) is 11.0. The highest BCUT2D eigenvalue weighted by molar-refractivity contribution is 6.01. The molecule has 3 aromatic rings. The maximum absolute atomic E-state index is 5.31. The summed E-state index contributed by atoms with van der Waals surface area (Å²) in [6.07, 6.45) is 5.61. The van der Waals surface area contributed by atoms with E-state index in [1.165, 1.54) is 11.1 Å². The summed E-state index contributed by atoms with van der Waals surface area (Å²) in [7, 11) is 1.71. The molecule has 1 aromatic carbocycles. The number of aromatic nitrogens is 3. The Labute approximate surface area is 206 Å². The van der Waals surface area contributed by atoms with E-state index < -0.39 is 0 Å². The van der Waals surface area contributed by atoms with E-state index in [0.29, 0.717) is 18.4 Å². The Kier molecular flexibility index (Phi) is 6.53. The van der Waals surface area contributed by atoms with E-state index in [4.69, 9.17) is 9.73 Å². The van der Waals surface area contributed by atoms with Crippen molar-refractivity contribution in [2.45, 2.75) is 32.6 Å². The van der Waals surface area contributed by atoms with E-state index in [2.05, 4.69) is 75.0 Å². The van der Waals surface area contributed by atoms with Gasteiger partial charge in [0.25, 0.3) is 0 Å². The topological polar surface area (TPSA) is 78.4 Å². The van der Waals surface area contributed by atoms with Gasteiger partial charge < -0.3 is 15.0 Å². The number of aryl methyl sites for hydroxylation is 1. The lowest BCUT2D eigenvalue weighted by Gasteiger charge is -2.39. The molecule has 2 aliphatic rings. The number of pyridine rings is 1. The van der Waals surface area contributed by atoms with E-state index in [-0.39, 0.29) is 0 Å². The third-order valence-corrected chi connectivity index (χ3v) is 7.09. The zero-order valence-corrected chi connectivity index (χ0v) is 20.6. The fourth-order valence-electron chi connectivity index (χ4n) is 5.25. The van der Waals surface area contributed by atoms with Crippen LogP contribution in [0.3, 0.4) is 0 Å². The third-order valence-electron chi connectivity index (χ3n) is 7.09. The van der Waals surface area contributed by atoms with Crippen molar-refractivity contribution < 1.29 is 4.74 Å². The van der Waals surface area contributed by atoms with Crippen LogP contribution in [-0.2, 0) is 11.2 Å². The average molecular weight is 469 g/mol. The van der Waals surface area contributed by atoms with Crippen molar-refractivity contribution in [3.8, 4) is 11.1 Å². The lowest BCUT2D eigenvalue weighted by molar-refractivity contribution is 0.151. The van der Waals surface area contributed by atoms with Gasteiger partial charge in [-0.05, 0) is 66.1 Å². The molecule has 0 amide bonds. The number of likely N-dealkylation sites (tertiary alicyclic amines) is 1. The van der Waals surface area contributed by atoms with Gasteiger partial charge in [0.2, 0.25) is 0 Å².